The summed E-state index contributed by atoms with van der Waals surface area (Å²) in [5.41, 5.74) is 4.09. The number of fused-ring (bicyclic) bond motifs is 1. The zero-order chi connectivity index (χ0) is 28.7. The molecule has 1 N–H and O–H groups in total. The topological polar surface area (TPSA) is 93.1 Å². The maximum absolute atomic E-state index is 14.0. The van der Waals surface area contributed by atoms with Crippen LogP contribution in [0.3, 0.4) is 0 Å². The first-order valence-electron chi connectivity index (χ1n) is 13.4. The second-order valence-electron chi connectivity index (χ2n) is 11.5. The van der Waals surface area contributed by atoms with E-state index in [1.54, 1.807) is 42.1 Å². The molecule has 1 fully saturated rings. The van der Waals surface area contributed by atoms with E-state index in [1.807, 2.05) is 19.1 Å². The van der Waals surface area contributed by atoms with Gasteiger partial charge >= 0.3 is 5.97 Å². The molecule has 0 saturated carbocycles. The number of nitrogens with zero attached hydrogens (tertiary/aromatic N) is 1. The molecular weight excluding hydrogens is 546 g/mol. The first kappa shape index (κ1) is 28.5. The van der Waals surface area contributed by atoms with Gasteiger partial charge in [0.15, 0.2) is 11.5 Å². The van der Waals surface area contributed by atoms with E-state index in [9.17, 15) is 18.3 Å². The molecule has 40 heavy (non-hydrogen) atoms. The Morgan fingerprint density at radius 3 is 2.33 bits per heavy atom. The van der Waals surface area contributed by atoms with Crippen molar-refractivity contribution in [3.8, 4) is 11.5 Å². The Morgan fingerprint density at radius 2 is 1.68 bits per heavy atom. The van der Waals surface area contributed by atoms with Crippen LogP contribution in [-0.2, 0) is 26.0 Å². The lowest BCUT2D eigenvalue weighted by atomic mass is 9.87. The van der Waals surface area contributed by atoms with E-state index in [2.05, 4.69) is 45.0 Å². The number of ether oxygens (including phenoxy) is 2. The molecule has 5 rings (SSSR count). The molecule has 0 aromatic heterocycles. The number of carbonyl (C=O) groups is 1. The second-order valence-corrected chi connectivity index (χ2v) is 14.6. The van der Waals surface area contributed by atoms with Gasteiger partial charge < -0.3 is 14.6 Å². The lowest BCUT2D eigenvalue weighted by Gasteiger charge is -2.41. The highest BCUT2D eigenvalue weighted by Gasteiger charge is 2.45. The molecule has 2 aliphatic heterocycles. The number of sulfonamides is 1. The number of piperidine rings is 1. The third-order valence-electron chi connectivity index (χ3n) is 7.64. The predicted molar refractivity (Wildman–Crippen MR) is 156 cm³/mol. The predicted octanol–water partition coefficient (Wildman–Crippen LogP) is 6.16. The van der Waals surface area contributed by atoms with Gasteiger partial charge in [-0.25, -0.2) is 8.42 Å². The summed E-state index contributed by atoms with van der Waals surface area (Å²) in [5.74, 6) is -0.0374. The summed E-state index contributed by atoms with van der Waals surface area (Å²) in [6, 6.07) is 20.0. The van der Waals surface area contributed by atoms with Crippen LogP contribution in [0, 0.1) is 12.8 Å². The average Bonchev–Trinajstić information content (AvgIpc) is 3.39. The molecule has 0 amide bonds. The van der Waals surface area contributed by atoms with E-state index in [4.69, 9.17) is 9.47 Å². The SMILES string of the molecule is Cc1ccc(S(=O)(=O)N2C[C@@H](C(=O)O)[C@H](SCc3ccc(C(C)(C)C)cc3)C[C@H]2c2ccc3c(c2)OCO3)cc1. The number of aryl methyl sites for hydroxylation is 1. The molecule has 3 aromatic rings. The third kappa shape index (κ3) is 5.87. The molecule has 3 aromatic carbocycles. The number of benzene rings is 3. The summed E-state index contributed by atoms with van der Waals surface area (Å²) < 4.78 is 40.3. The van der Waals surface area contributed by atoms with Crippen molar-refractivity contribution in [3.05, 3.63) is 89.0 Å². The first-order valence-corrected chi connectivity index (χ1v) is 15.8. The molecule has 1 saturated heterocycles. The molecule has 0 bridgehead atoms. The fourth-order valence-electron chi connectivity index (χ4n) is 5.20. The van der Waals surface area contributed by atoms with Crippen molar-refractivity contribution in [2.24, 2.45) is 5.92 Å². The molecular formula is C31H35NO6S2. The molecule has 0 radical (unpaired) electrons. The van der Waals surface area contributed by atoms with Gasteiger partial charge in [-0.2, -0.15) is 16.1 Å². The quantitative estimate of drug-likeness (QED) is 0.357. The van der Waals surface area contributed by atoms with Crippen molar-refractivity contribution < 1.29 is 27.8 Å². The van der Waals surface area contributed by atoms with Crippen LogP contribution in [-0.4, -0.2) is 42.4 Å². The van der Waals surface area contributed by atoms with Crippen molar-refractivity contribution in [1.29, 1.82) is 0 Å². The van der Waals surface area contributed by atoms with Crippen LogP contribution in [0.2, 0.25) is 0 Å². The van der Waals surface area contributed by atoms with Crippen molar-refractivity contribution in [2.75, 3.05) is 13.3 Å². The lowest BCUT2D eigenvalue weighted by molar-refractivity contribution is -0.143. The van der Waals surface area contributed by atoms with Gasteiger partial charge in [0.1, 0.15) is 0 Å². The van der Waals surface area contributed by atoms with Gasteiger partial charge in [0.2, 0.25) is 16.8 Å². The molecule has 3 atom stereocenters. The van der Waals surface area contributed by atoms with Crippen LogP contribution < -0.4 is 9.47 Å². The van der Waals surface area contributed by atoms with Gasteiger partial charge in [-0.15, -0.1) is 0 Å². The highest BCUT2D eigenvalue weighted by molar-refractivity contribution is 7.99. The average molecular weight is 582 g/mol. The number of hydrogen-bond acceptors (Lipinski definition) is 6. The minimum absolute atomic E-state index is 0.0493. The van der Waals surface area contributed by atoms with Crippen LogP contribution in [0.15, 0.2) is 71.6 Å². The molecule has 7 nitrogen and oxygen atoms in total. The molecule has 2 aliphatic rings. The van der Waals surface area contributed by atoms with Crippen molar-refractivity contribution in [3.63, 3.8) is 0 Å². The highest BCUT2D eigenvalue weighted by atomic mass is 32.2. The number of thioether (sulfide) groups is 1. The zero-order valence-electron chi connectivity index (χ0n) is 23.2. The molecule has 9 heteroatoms. The van der Waals surface area contributed by atoms with Crippen LogP contribution in [0.1, 0.15) is 55.5 Å². The fraction of sp³-hybridized carbons (Fsp3) is 0.387. The van der Waals surface area contributed by atoms with Gasteiger partial charge in [0.05, 0.1) is 16.9 Å². The van der Waals surface area contributed by atoms with Crippen molar-refractivity contribution >= 4 is 27.8 Å². The second kappa shape index (κ2) is 11.1. The number of rotatable bonds is 7. The number of carboxylic acids is 1. The number of carboxylic acid groups (broad SMARTS) is 1. The Hall–Kier alpha value is -3.01. The smallest absolute Gasteiger partial charge is 0.308 e. The van der Waals surface area contributed by atoms with E-state index < -0.39 is 28.0 Å². The fourth-order valence-corrected chi connectivity index (χ4v) is 8.20. The number of aliphatic carboxylic acids is 1. The Kier molecular flexibility index (Phi) is 7.92. The van der Waals surface area contributed by atoms with E-state index >= 15 is 0 Å². The van der Waals surface area contributed by atoms with Crippen LogP contribution in [0.5, 0.6) is 11.5 Å². The Morgan fingerprint density at radius 1 is 1.00 bits per heavy atom. The molecule has 0 spiro atoms. The minimum Gasteiger partial charge on any atom is -0.481 e. The molecule has 212 valence electrons. The van der Waals surface area contributed by atoms with E-state index in [0.29, 0.717) is 23.7 Å². The van der Waals surface area contributed by atoms with Crippen LogP contribution in [0.25, 0.3) is 0 Å². The van der Waals surface area contributed by atoms with Crippen LogP contribution >= 0.6 is 11.8 Å². The van der Waals surface area contributed by atoms with E-state index in [1.165, 1.54) is 9.87 Å². The van der Waals surface area contributed by atoms with E-state index in [0.717, 1.165) is 16.7 Å². The Balaban J connectivity index is 1.47. The summed E-state index contributed by atoms with van der Waals surface area (Å²) in [7, 11) is -3.98. The van der Waals surface area contributed by atoms with Crippen molar-refractivity contribution in [1.82, 2.24) is 4.31 Å². The standard InChI is InChI=1S/C31H35NO6S2/c1-20-5-12-24(13-6-20)40(35,36)32-17-25(30(33)34)29(39-18-21-7-10-23(11-8-21)31(2,3)4)16-26(32)22-9-14-27-28(15-22)38-19-37-27/h5-15,25-26,29H,16-19H2,1-4H3,(H,33,34)/t25-,26+,29-/m1/s1. The van der Waals surface area contributed by atoms with Gasteiger partial charge in [0.25, 0.3) is 0 Å². The molecule has 0 aliphatic carbocycles. The Bertz CT molecular complexity index is 1480. The largest absolute Gasteiger partial charge is 0.481 e. The van der Waals surface area contributed by atoms with Gasteiger partial charge in [0, 0.05) is 17.5 Å². The number of hydrogen-bond donors (Lipinski definition) is 1. The monoisotopic (exact) mass is 581 g/mol. The van der Waals surface area contributed by atoms with Gasteiger partial charge in [-0.3, -0.25) is 4.79 Å². The Labute approximate surface area is 240 Å². The summed E-state index contributed by atoms with van der Waals surface area (Å²) >= 11 is 1.58. The minimum atomic E-state index is -3.98. The van der Waals surface area contributed by atoms with Gasteiger partial charge in [-0.1, -0.05) is 68.8 Å². The summed E-state index contributed by atoms with van der Waals surface area (Å²) in [6.45, 7) is 8.40. The normalized spacial score (nSPS) is 21.4. The van der Waals surface area contributed by atoms with Crippen LogP contribution in [0.4, 0.5) is 0 Å². The maximum Gasteiger partial charge on any atom is 0.308 e. The zero-order valence-corrected chi connectivity index (χ0v) is 24.8. The first-order chi connectivity index (χ1) is 18.9. The molecule has 2 heterocycles. The highest BCUT2D eigenvalue weighted by Crippen LogP contribution is 2.45. The van der Waals surface area contributed by atoms with E-state index in [-0.39, 0.29) is 28.9 Å². The third-order valence-corrected chi connectivity index (χ3v) is 11.0. The lowest BCUT2D eigenvalue weighted by Crippen LogP contribution is -2.49. The molecule has 0 unspecified atom stereocenters. The summed E-state index contributed by atoms with van der Waals surface area (Å²) in [5, 5.41) is 9.94. The van der Waals surface area contributed by atoms with Crippen molar-refractivity contribution in [2.45, 2.75) is 61.5 Å². The van der Waals surface area contributed by atoms with Gasteiger partial charge in [-0.05, 0) is 59.7 Å². The maximum atomic E-state index is 14.0. The summed E-state index contributed by atoms with van der Waals surface area (Å²) in [6.07, 6.45) is 0.354. The summed E-state index contributed by atoms with van der Waals surface area (Å²) in [4.78, 5) is 12.7.